The maximum absolute atomic E-state index is 6.12. The third-order valence-electron chi connectivity index (χ3n) is 2.34. The molecule has 2 heterocycles. The van der Waals surface area contributed by atoms with Gasteiger partial charge in [0.1, 0.15) is 5.76 Å². The van der Waals surface area contributed by atoms with Crippen molar-refractivity contribution in [3.8, 4) is 0 Å². The van der Waals surface area contributed by atoms with Crippen molar-refractivity contribution in [1.29, 1.82) is 0 Å². The predicted octanol–water partition coefficient (Wildman–Crippen LogP) is 1.66. The van der Waals surface area contributed by atoms with Crippen LogP contribution in [0.25, 0.3) is 0 Å². The molecule has 0 saturated heterocycles. The Hall–Kier alpha value is -1.33. The summed E-state index contributed by atoms with van der Waals surface area (Å²) in [7, 11) is 1.88. The van der Waals surface area contributed by atoms with Crippen molar-refractivity contribution in [2.45, 2.75) is 20.0 Å². The van der Waals surface area contributed by atoms with Gasteiger partial charge < -0.3 is 9.84 Å². The van der Waals surface area contributed by atoms with Gasteiger partial charge in [0.05, 0.1) is 29.2 Å². The third kappa shape index (κ3) is 2.25. The summed E-state index contributed by atoms with van der Waals surface area (Å²) in [5.74, 6) is 0.801. The molecule has 2 aromatic heterocycles. The van der Waals surface area contributed by atoms with Gasteiger partial charge in [-0.3, -0.25) is 4.68 Å². The lowest BCUT2D eigenvalue weighted by Gasteiger charge is -2.03. The van der Waals surface area contributed by atoms with Crippen LogP contribution in [-0.4, -0.2) is 14.9 Å². The van der Waals surface area contributed by atoms with Crippen molar-refractivity contribution in [1.82, 2.24) is 20.3 Å². The van der Waals surface area contributed by atoms with Crippen LogP contribution in [0.4, 0.5) is 0 Å². The van der Waals surface area contributed by atoms with Gasteiger partial charge in [-0.15, -0.1) is 0 Å². The first-order valence-electron chi connectivity index (χ1n) is 4.96. The van der Waals surface area contributed by atoms with E-state index in [-0.39, 0.29) is 0 Å². The van der Waals surface area contributed by atoms with Crippen molar-refractivity contribution in [2.24, 2.45) is 7.05 Å². The lowest BCUT2D eigenvalue weighted by Crippen LogP contribution is -2.15. The molecule has 0 bridgehead atoms. The molecule has 0 fully saturated rings. The molecular formula is C10H13ClN4O. The SMILES string of the molecule is Cc1nn(C)c(CNCc2ccno2)c1Cl. The first kappa shape index (κ1) is 11.2. The Morgan fingerprint density at radius 2 is 2.31 bits per heavy atom. The summed E-state index contributed by atoms with van der Waals surface area (Å²) < 4.78 is 6.75. The number of rotatable bonds is 4. The topological polar surface area (TPSA) is 55.9 Å². The van der Waals surface area contributed by atoms with Crippen LogP contribution in [0, 0.1) is 6.92 Å². The molecule has 0 saturated carbocycles. The Bertz CT molecular complexity index is 463. The molecule has 2 rings (SSSR count). The fraction of sp³-hybridized carbons (Fsp3) is 0.400. The van der Waals surface area contributed by atoms with Crippen molar-refractivity contribution in [3.05, 3.63) is 34.4 Å². The van der Waals surface area contributed by atoms with Gasteiger partial charge in [0.15, 0.2) is 0 Å². The molecule has 0 aromatic carbocycles. The smallest absolute Gasteiger partial charge is 0.150 e. The average Bonchev–Trinajstić information content (AvgIpc) is 2.82. The zero-order valence-corrected chi connectivity index (χ0v) is 9.95. The van der Waals surface area contributed by atoms with Crippen molar-refractivity contribution in [3.63, 3.8) is 0 Å². The van der Waals surface area contributed by atoms with Crippen molar-refractivity contribution in [2.75, 3.05) is 0 Å². The van der Waals surface area contributed by atoms with Crippen LogP contribution in [0.3, 0.4) is 0 Å². The number of hydrogen-bond donors (Lipinski definition) is 1. The normalized spacial score (nSPS) is 10.9. The summed E-state index contributed by atoms with van der Waals surface area (Å²) in [5.41, 5.74) is 1.82. The minimum absolute atomic E-state index is 0.626. The third-order valence-corrected chi connectivity index (χ3v) is 2.84. The van der Waals surface area contributed by atoms with Gasteiger partial charge in [-0.2, -0.15) is 5.10 Å². The molecular weight excluding hydrogens is 228 g/mol. The predicted molar refractivity (Wildman–Crippen MR) is 60.0 cm³/mol. The number of aromatic nitrogens is 3. The summed E-state index contributed by atoms with van der Waals surface area (Å²) >= 11 is 6.12. The van der Waals surface area contributed by atoms with E-state index in [9.17, 15) is 0 Å². The first-order chi connectivity index (χ1) is 7.68. The average molecular weight is 241 g/mol. The molecule has 0 spiro atoms. The quantitative estimate of drug-likeness (QED) is 0.883. The molecule has 0 unspecified atom stereocenters. The molecule has 0 amide bonds. The molecule has 0 atom stereocenters. The van der Waals surface area contributed by atoms with Gasteiger partial charge >= 0.3 is 0 Å². The number of aryl methyl sites for hydroxylation is 2. The Kier molecular flexibility index (Phi) is 3.26. The second-order valence-corrected chi connectivity index (χ2v) is 3.93. The molecule has 0 aliphatic heterocycles. The fourth-order valence-corrected chi connectivity index (χ4v) is 1.74. The van der Waals surface area contributed by atoms with Gasteiger partial charge in [-0.1, -0.05) is 16.8 Å². The fourth-order valence-electron chi connectivity index (χ4n) is 1.51. The summed E-state index contributed by atoms with van der Waals surface area (Å²) in [5, 5.41) is 11.8. The second kappa shape index (κ2) is 4.67. The Labute approximate surface area is 98.4 Å². The van der Waals surface area contributed by atoms with E-state index in [4.69, 9.17) is 16.1 Å². The van der Waals surface area contributed by atoms with Crippen LogP contribution in [0.2, 0.25) is 5.02 Å². The number of nitrogens with zero attached hydrogens (tertiary/aromatic N) is 3. The highest BCUT2D eigenvalue weighted by Gasteiger charge is 2.10. The minimum atomic E-state index is 0.626. The minimum Gasteiger partial charge on any atom is -0.360 e. The number of halogens is 1. The summed E-state index contributed by atoms with van der Waals surface area (Å²) in [6, 6.07) is 1.82. The van der Waals surface area contributed by atoms with E-state index >= 15 is 0 Å². The van der Waals surface area contributed by atoms with Gasteiger partial charge in [0.25, 0.3) is 0 Å². The lowest BCUT2D eigenvalue weighted by molar-refractivity contribution is 0.372. The monoisotopic (exact) mass is 240 g/mol. The molecule has 0 aliphatic rings. The summed E-state index contributed by atoms with van der Waals surface area (Å²) in [6.45, 7) is 3.17. The number of nitrogens with one attached hydrogen (secondary N) is 1. The molecule has 0 aliphatic carbocycles. The molecule has 5 nitrogen and oxygen atoms in total. The molecule has 86 valence electrons. The van der Waals surface area contributed by atoms with Gasteiger partial charge in [-0.05, 0) is 6.92 Å². The zero-order chi connectivity index (χ0) is 11.5. The van der Waals surface area contributed by atoms with E-state index < -0.39 is 0 Å². The van der Waals surface area contributed by atoms with E-state index in [2.05, 4.69) is 15.6 Å². The number of hydrogen-bond acceptors (Lipinski definition) is 4. The first-order valence-corrected chi connectivity index (χ1v) is 5.34. The Balaban J connectivity index is 1.95. The second-order valence-electron chi connectivity index (χ2n) is 3.55. The molecule has 6 heteroatoms. The van der Waals surface area contributed by atoms with E-state index in [1.54, 1.807) is 10.9 Å². The van der Waals surface area contributed by atoms with Crippen LogP contribution >= 0.6 is 11.6 Å². The van der Waals surface area contributed by atoms with Crippen molar-refractivity contribution >= 4 is 11.6 Å². The Morgan fingerprint density at radius 1 is 1.50 bits per heavy atom. The van der Waals surface area contributed by atoms with E-state index in [0.717, 1.165) is 17.1 Å². The van der Waals surface area contributed by atoms with E-state index in [0.29, 0.717) is 18.1 Å². The maximum atomic E-state index is 6.12. The largest absolute Gasteiger partial charge is 0.360 e. The Morgan fingerprint density at radius 3 is 2.88 bits per heavy atom. The lowest BCUT2D eigenvalue weighted by atomic mass is 10.3. The highest BCUT2D eigenvalue weighted by molar-refractivity contribution is 6.31. The van der Waals surface area contributed by atoms with Crippen molar-refractivity contribution < 1.29 is 4.52 Å². The standard InChI is InChI=1S/C10H13ClN4O/c1-7-10(11)9(15(2)14-7)6-12-5-8-3-4-13-16-8/h3-4,12H,5-6H2,1-2H3. The van der Waals surface area contributed by atoms with Gasteiger partial charge in [0.2, 0.25) is 0 Å². The van der Waals surface area contributed by atoms with Crippen LogP contribution in [0.15, 0.2) is 16.8 Å². The van der Waals surface area contributed by atoms with Crippen LogP contribution < -0.4 is 5.32 Å². The highest BCUT2D eigenvalue weighted by atomic mass is 35.5. The van der Waals surface area contributed by atoms with Gasteiger partial charge in [0, 0.05) is 19.7 Å². The zero-order valence-electron chi connectivity index (χ0n) is 9.20. The summed E-state index contributed by atoms with van der Waals surface area (Å²) in [4.78, 5) is 0. The van der Waals surface area contributed by atoms with E-state index in [1.807, 2.05) is 20.0 Å². The molecule has 1 N–H and O–H groups in total. The van der Waals surface area contributed by atoms with Crippen LogP contribution in [0.1, 0.15) is 17.1 Å². The molecule has 2 aromatic rings. The van der Waals surface area contributed by atoms with Crippen LogP contribution in [-0.2, 0) is 20.1 Å². The van der Waals surface area contributed by atoms with Crippen LogP contribution in [0.5, 0.6) is 0 Å². The summed E-state index contributed by atoms with van der Waals surface area (Å²) in [6.07, 6.45) is 1.62. The maximum Gasteiger partial charge on any atom is 0.150 e. The highest BCUT2D eigenvalue weighted by Crippen LogP contribution is 2.18. The van der Waals surface area contributed by atoms with Gasteiger partial charge in [-0.25, -0.2) is 0 Å². The van der Waals surface area contributed by atoms with E-state index in [1.165, 1.54) is 0 Å². The molecule has 0 radical (unpaired) electrons. The molecule has 16 heavy (non-hydrogen) atoms.